The highest BCUT2D eigenvalue weighted by Crippen LogP contribution is 2.18. The van der Waals surface area contributed by atoms with E-state index in [0.29, 0.717) is 16.7 Å². The molecule has 0 aliphatic rings. The van der Waals surface area contributed by atoms with Crippen LogP contribution < -0.4 is 0 Å². The first kappa shape index (κ1) is 14.5. The van der Waals surface area contributed by atoms with Crippen LogP contribution in [0.15, 0.2) is 53.0 Å². The summed E-state index contributed by atoms with van der Waals surface area (Å²) in [6.45, 7) is 1.62. The highest BCUT2D eigenvalue weighted by Gasteiger charge is 2.14. The lowest BCUT2D eigenvalue weighted by molar-refractivity contribution is -0.138. The summed E-state index contributed by atoms with van der Waals surface area (Å²) in [6.07, 6.45) is 0. The van der Waals surface area contributed by atoms with Crippen molar-refractivity contribution >= 4 is 27.7 Å². The van der Waals surface area contributed by atoms with Crippen LogP contribution in [0.4, 0.5) is 0 Å². The van der Waals surface area contributed by atoms with Gasteiger partial charge in [-0.05, 0) is 36.8 Å². The molecule has 0 aliphatic carbocycles. The maximum Gasteiger partial charge on any atom is 0.310 e. The first-order valence-electron chi connectivity index (χ1n) is 6.12. The van der Waals surface area contributed by atoms with Gasteiger partial charge in [0.2, 0.25) is 0 Å². The summed E-state index contributed by atoms with van der Waals surface area (Å²) >= 11 is 3.32. The zero-order chi connectivity index (χ0) is 14.7. The number of carbonyl (C=O) groups excluding carboxylic acids is 1. The van der Waals surface area contributed by atoms with Gasteiger partial charge in [0.05, 0.1) is 5.92 Å². The normalized spacial score (nSPS) is 11.9. The number of carboxylic acid groups (broad SMARTS) is 1. The van der Waals surface area contributed by atoms with Gasteiger partial charge in [-0.1, -0.05) is 40.2 Å². The summed E-state index contributed by atoms with van der Waals surface area (Å²) in [4.78, 5) is 23.1. The molecule has 0 radical (unpaired) electrons. The van der Waals surface area contributed by atoms with Gasteiger partial charge >= 0.3 is 5.97 Å². The summed E-state index contributed by atoms with van der Waals surface area (Å²) in [7, 11) is 0. The molecule has 1 atom stereocenters. The zero-order valence-corrected chi connectivity index (χ0v) is 12.4. The fourth-order valence-electron chi connectivity index (χ4n) is 1.83. The summed E-state index contributed by atoms with van der Waals surface area (Å²) in [6, 6.07) is 13.8. The van der Waals surface area contributed by atoms with E-state index in [2.05, 4.69) is 15.9 Å². The van der Waals surface area contributed by atoms with Gasteiger partial charge < -0.3 is 5.11 Å². The van der Waals surface area contributed by atoms with E-state index >= 15 is 0 Å². The Morgan fingerprint density at radius 1 is 0.950 bits per heavy atom. The maximum atomic E-state index is 12.2. The third-order valence-corrected chi connectivity index (χ3v) is 3.68. The average Bonchev–Trinajstić information content (AvgIpc) is 2.46. The van der Waals surface area contributed by atoms with Crippen molar-refractivity contribution in [1.82, 2.24) is 0 Å². The number of hydrogen-bond acceptors (Lipinski definition) is 2. The zero-order valence-electron chi connectivity index (χ0n) is 10.8. The predicted molar refractivity (Wildman–Crippen MR) is 80.1 cm³/mol. The Kier molecular flexibility index (Phi) is 4.35. The smallest absolute Gasteiger partial charge is 0.310 e. The second kappa shape index (κ2) is 6.01. The number of aliphatic carboxylic acids is 1. The largest absolute Gasteiger partial charge is 0.481 e. The molecule has 0 aromatic heterocycles. The number of carboxylic acids is 1. The molecule has 0 spiro atoms. The lowest BCUT2D eigenvalue weighted by atomic mass is 9.97. The van der Waals surface area contributed by atoms with Crippen molar-refractivity contribution in [1.29, 1.82) is 0 Å². The maximum absolute atomic E-state index is 12.2. The van der Waals surface area contributed by atoms with Crippen molar-refractivity contribution in [2.75, 3.05) is 0 Å². The Balaban J connectivity index is 2.23. The molecule has 3 nitrogen and oxygen atoms in total. The predicted octanol–water partition coefficient (Wildman–Crippen LogP) is 3.87. The van der Waals surface area contributed by atoms with E-state index in [1.54, 1.807) is 43.3 Å². The topological polar surface area (TPSA) is 54.4 Å². The summed E-state index contributed by atoms with van der Waals surface area (Å²) in [5.41, 5.74) is 1.84. The molecular formula is C16H13BrO3. The first-order valence-corrected chi connectivity index (χ1v) is 6.91. The average molecular weight is 333 g/mol. The standard InChI is InChI=1S/C16H13BrO3/c1-10(16(19)20)11-2-4-12(5-3-11)15(18)13-6-8-14(17)9-7-13/h2-10H,1H3,(H,19,20). The van der Waals surface area contributed by atoms with Gasteiger partial charge in [-0.25, -0.2) is 0 Å². The third-order valence-electron chi connectivity index (χ3n) is 3.15. The van der Waals surface area contributed by atoms with Crippen molar-refractivity contribution in [2.45, 2.75) is 12.8 Å². The molecule has 1 unspecified atom stereocenters. The molecule has 4 heteroatoms. The van der Waals surface area contributed by atoms with Crippen LogP contribution in [0.1, 0.15) is 34.3 Å². The summed E-state index contributed by atoms with van der Waals surface area (Å²) < 4.78 is 0.916. The van der Waals surface area contributed by atoms with Crippen LogP contribution >= 0.6 is 15.9 Å². The van der Waals surface area contributed by atoms with Crippen molar-refractivity contribution in [2.24, 2.45) is 0 Å². The SMILES string of the molecule is CC(C(=O)O)c1ccc(C(=O)c2ccc(Br)cc2)cc1. The molecule has 2 aromatic rings. The van der Waals surface area contributed by atoms with Crippen molar-refractivity contribution in [3.8, 4) is 0 Å². The number of benzene rings is 2. The second-order valence-corrected chi connectivity index (χ2v) is 5.43. The highest BCUT2D eigenvalue weighted by atomic mass is 79.9. The van der Waals surface area contributed by atoms with Crippen LogP contribution in [0.2, 0.25) is 0 Å². The van der Waals surface area contributed by atoms with Gasteiger partial charge in [0.25, 0.3) is 0 Å². The number of hydrogen-bond donors (Lipinski definition) is 1. The van der Waals surface area contributed by atoms with Gasteiger partial charge in [-0.3, -0.25) is 9.59 Å². The molecule has 0 heterocycles. The van der Waals surface area contributed by atoms with Gasteiger partial charge in [0.1, 0.15) is 0 Å². The van der Waals surface area contributed by atoms with E-state index in [-0.39, 0.29) is 5.78 Å². The number of halogens is 1. The molecule has 2 rings (SSSR count). The van der Waals surface area contributed by atoms with Gasteiger partial charge in [0, 0.05) is 15.6 Å². The molecule has 0 aliphatic heterocycles. The van der Waals surface area contributed by atoms with Crippen molar-refractivity contribution in [3.63, 3.8) is 0 Å². The molecule has 0 bridgehead atoms. The van der Waals surface area contributed by atoms with E-state index in [1.165, 1.54) is 0 Å². The molecule has 1 N–H and O–H groups in total. The lowest BCUT2D eigenvalue weighted by Gasteiger charge is -2.07. The van der Waals surface area contributed by atoms with Crippen LogP contribution in [-0.2, 0) is 4.79 Å². The quantitative estimate of drug-likeness (QED) is 0.864. The molecule has 102 valence electrons. The Hall–Kier alpha value is -1.94. The van der Waals surface area contributed by atoms with Gasteiger partial charge in [-0.15, -0.1) is 0 Å². The molecule has 0 fully saturated rings. The van der Waals surface area contributed by atoms with E-state index < -0.39 is 11.9 Å². The second-order valence-electron chi connectivity index (χ2n) is 4.52. The Morgan fingerprint density at radius 2 is 1.40 bits per heavy atom. The van der Waals surface area contributed by atoms with Gasteiger partial charge in [-0.2, -0.15) is 0 Å². The Bertz CT molecular complexity index is 630. The minimum Gasteiger partial charge on any atom is -0.481 e. The van der Waals surface area contributed by atoms with Crippen LogP contribution in [0, 0.1) is 0 Å². The first-order chi connectivity index (χ1) is 9.49. The Labute approximate surface area is 125 Å². The molecular weight excluding hydrogens is 320 g/mol. The van der Waals surface area contributed by atoms with Crippen LogP contribution in [0.3, 0.4) is 0 Å². The van der Waals surface area contributed by atoms with Crippen LogP contribution in [0.25, 0.3) is 0 Å². The monoisotopic (exact) mass is 332 g/mol. The van der Waals surface area contributed by atoms with Crippen molar-refractivity contribution < 1.29 is 14.7 Å². The van der Waals surface area contributed by atoms with E-state index in [1.807, 2.05) is 12.1 Å². The fourth-order valence-corrected chi connectivity index (χ4v) is 2.10. The van der Waals surface area contributed by atoms with E-state index in [9.17, 15) is 9.59 Å². The lowest BCUT2D eigenvalue weighted by Crippen LogP contribution is -2.08. The van der Waals surface area contributed by atoms with Crippen LogP contribution in [0.5, 0.6) is 0 Å². The van der Waals surface area contributed by atoms with E-state index in [4.69, 9.17) is 5.11 Å². The van der Waals surface area contributed by atoms with Crippen molar-refractivity contribution in [3.05, 3.63) is 69.7 Å². The summed E-state index contributed by atoms with van der Waals surface area (Å²) in [5, 5.41) is 8.95. The molecule has 0 amide bonds. The molecule has 20 heavy (non-hydrogen) atoms. The molecule has 2 aromatic carbocycles. The van der Waals surface area contributed by atoms with Gasteiger partial charge in [0.15, 0.2) is 5.78 Å². The Morgan fingerprint density at radius 3 is 1.85 bits per heavy atom. The third kappa shape index (κ3) is 3.14. The molecule has 0 saturated carbocycles. The highest BCUT2D eigenvalue weighted by molar-refractivity contribution is 9.10. The van der Waals surface area contributed by atoms with E-state index in [0.717, 1.165) is 4.47 Å². The summed E-state index contributed by atoms with van der Waals surface area (Å²) in [5.74, 6) is -1.53. The minimum absolute atomic E-state index is 0.0768. The number of carbonyl (C=O) groups is 2. The minimum atomic E-state index is -0.878. The number of ketones is 1. The number of rotatable bonds is 4. The van der Waals surface area contributed by atoms with Crippen LogP contribution in [-0.4, -0.2) is 16.9 Å². The fraction of sp³-hybridized carbons (Fsp3) is 0.125. The molecule has 0 saturated heterocycles.